The number of carbonyl (C=O) groups is 1. The zero-order chi connectivity index (χ0) is 9.14. The van der Waals surface area contributed by atoms with Crippen molar-refractivity contribution in [3.05, 3.63) is 28.8 Å². The topological polar surface area (TPSA) is 46.5 Å². The number of halogens is 1. The van der Waals surface area contributed by atoms with E-state index >= 15 is 0 Å². The Morgan fingerprint density at radius 2 is 2.23 bits per heavy atom. The summed E-state index contributed by atoms with van der Waals surface area (Å²) in [4.78, 5) is 10.6. The SMILES string of the molecule is COc1c(Cl)cccc1C(=O)O.[H-].[Na+]. The van der Waals surface area contributed by atoms with Crippen molar-refractivity contribution in [1.29, 1.82) is 0 Å². The molecule has 0 aromatic heterocycles. The van der Waals surface area contributed by atoms with Crippen LogP contribution in [0.4, 0.5) is 0 Å². The predicted octanol–water partition coefficient (Wildman–Crippen LogP) is -0.837. The number of carboxylic acids is 1. The molecule has 0 radical (unpaired) electrons. The van der Waals surface area contributed by atoms with Gasteiger partial charge in [0, 0.05) is 0 Å². The molecular weight excluding hydrogens is 203 g/mol. The predicted molar refractivity (Wildman–Crippen MR) is 46.1 cm³/mol. The Morgan fingerprint density at radius 1 is 1.62 bits per heavy atom. The molecule has 1 rings (SSSR count). The van der Waals surface area contributed by atoms with E-state index in [-0.39, 0.29) is 42.3 Å². The van der Waals surface area contributed by atoms with Gasteiger partial charge in [-0.2, -0.15) is 0 Å². The fourth-order valence-electron chi connectivity index (χ4n) is 0.885. The van der Waals surface area contributed by atoms with Gasteiger partial charge in [0.2, 0.25) is 0 Å². The fourth-order valence-corrected chi connectivity index (χ4v) is 1.14. The summed E-state index contributed by atoms with van der Waals surface area (Å²) in [6.07, 6.45) is 0. The molecule has 3 nitrogen and oxygen atoms in total. The van der Waals surface area contributed by atoms with Crippen LogP contribution < -0.4 is 34.3 Å². The monoisotopic (exact) mass is 210 g/mol. The number of carboxylic acid groups (broad SMARTS) is 1. The summed E-state index contributed by atoms with van der Waals surface area (Å²) in [5, 5.41) is 8.99. The zero-order valence-electron chi connectivity index (χ0n) is 8.37. The van der Waals surface area contributed by atoms with Crippen molar-refractivity contribution in [3.63, 3.8) is 0 Å². The van der Waals surface area contributed by atoms with Crippen LogP contribution in [0.25, 0.3) is 0 Å². The van der Waals surface area contributed by atoms with Gasteiger partial charge in [-0.25, -0.2) is 4.79 Å². The van der Waals surface area contributed by atoms with Crippen molar-refractivity contribution in [2.45, 2.75) is 0 Å². The van der Waals surface area contributed by atoms with E-state index in [1.165, 1.54) is 13.2 Å². The molecule has 0 atom stereocenters. The molecule has 0 spiro atoms. The summed E-state index contributed by atoms with van der Waals surface area (Å²) in [6, 6.07) is 4.58. The van der Waals surface area contributed by atoms with Crippen molar-refractivity contribution < 1.29 is 45.6 Å². The number of rotatable bonds is 2. The van der Waals surface area contributed by atoms with Crippen molar-refractivity contribution in [2.75, 3.05) is 7.11 Å². The molecule has 1 aromatic rings. The zero-order valence-corrected chi connectivity index (χ0v) is 10.1. The molecule has 1 N–H and O–H groups in total. The third-order valence-electron chi connectivity index (χ3n) is 1.40. The third-order valence-corrected chi connectivity index (χ3v) is 1.70. The number of hydrogen-bond donors (Lipinski definition) is 1. The molecule has 0 saturated heterocycles. The molecule has 5 heteroatoms. The Labute approximate surface area is 104 Å². The van der Waals surface area contributed by atoms with E-state index in [0.717, 1.165) is 0 Å². The van der Waals surface area contributed by atoms with E-state index in [9.17, 15) is 4.79 Å². The molecule has 0 unspecified atom stereocenters. The second-order valence-electron chi connectivity index (χ2n) is 2.13. The normalized spacial score (nSPS) is 8.77. The molecule has 0 aliphatic heterocycles. The van der Waals surface area contributed by atoms with E-state index in [1.807, 2.05) is 0 Å². The third kappa shape index (κ3) is 2.88. The Hall–Kier alpha value is -0.220. The van der Waals surface area contributed by atoms with Crippen LogP contribution in [-0.4, -0.2) is 18.2 Å². The number of benzene rings is 1. The van der Waals surface area contributed by atoms with Crippen LogP contribution >= 0.6 is 11.6 Å². The van der Waals surface area contributed by atoms with Crippen LogP contribution in [0.2, 0.25) is 5.02 Å². The van der Waals surface area contributed by atoms with Gasteiger partial charge in [0.25, 0.3) is 0 Å². The smallest absolute Gasteiger partial charge is 1.00 e. The van der Waals surface area contributed by atoms with Crippen LogP contribution in [0, 0.1) is 0 Å². The van der Waals surface area contributed by atoms with Gasteiger partial charge in [0.15, 0.2) is 5.75 Å². The van der Waals surface area contributed by atoms with E-state index in [1.54, 1.807) is 12.1 Å². The second-order valence-corrected chi connectivity index (χ2v) is 2.53. The maximum absolute atomic E-state index is 10.6. The van der Waals surface area contributed by atoms with Crippen LogP contribution in [-0.2, 0) is 0 Å². The first-order valence-corrected chi connectivity index (χ1v) is 3.60. The molecule has 66 valence electrons. The summed E-state index contributed by atoms with van der Waals surface area (Å²) in [5.41, 5.74) is 0.0741. The minimum atomic E-state index is -1.05. The van der Waals surface area contributed by atoms with Gasteiger partial charge < -0.3 is 11.3 Å². The Bertz CT molecular complexity index is 319. The van der Waals surface area contributed by atoms with Crippen LogP contribution in [0.5, 0.6) is 5.75 Å². The number of hydrogen-bond acceptors (Lipinski definition) is 2. The van der Waals surface area contributed by atoms with Gasteiger partial charge in [0.05, 0.1) is 12.1 Å². The van der Waals surface area contributed by atoms with Crippen LogP contribution in [0.15, 0.2) is 18.2 Å². The number of aromatic carboxylic acids is 1. The van der Waals surface area contributed by atoms with Crippen molar-refractivity contribution >= 4 is 17.6 Å². The second kappa shape index (κ2) is 5.50. The molecule has 0 heterocycles. The Morgan fingerprint density at radius 3 is 2.62 bits per heavy atom. The molecule has 0 aliphatic carbocycles. The van der Waals surface area contributed by atoms with Gasteiger partial charge in [0.1, 0.15) is 5.56 Å². The minimum Gasteiger partial charge on any atom is -1.00 e. The van der Waals surface area contributed by atoms with Crippen LogP contribution in [0.1, 0.15) is 11.8 Å². The van der Waals surface area contributed by atoms with Crippen molar-refractivity contribution in [2.24, 2.45) is 0 Å². The van der Waals surface area contributed by atoms with E-state index in [0.29, 0.717) is 5.02 Å². The summed E-state index contributed by atoms with van der Waals surface area (Å²) in [7, 11) is 1.38. The van der Waals surface area contributed by atoms with Crippen molar-refractivity contribution in [1.82, 2.24) is 0 Å². The molecule has 13 heavy (non-hydrogen) atoms. The first-order valence-electron chi connectivity index (χ1n) is 3.22. The van der Waals surface area contributed by atoms with Gasteiger partial charge in [-0.3, -0.25) is 0 Å². The average molecular weight is 211 g/mol. The quantitative estimate of drug-likeness (QED) is 0.648. The van der Waals surface area contributed by atoms with Gasteiger partial charge in [-0.05, 0) is 12.1 Å². The molecule has 0 saturated carbocycles. The molecule has 0 amide bonds. The van der Waals surface area contributed by atoms with Crippen LogP contribution in [0.3, 0.4) is 0 Å². The molecular formula is C8H8ClNaO3. The maximum Gasteiger partial charge on any atom is 1.00 e. The first-order chi connectivity index (χ1) is 5.66. The van der Waals surface area contributed by atoms with Gasteiger partial charge in [-0.1, -0.05) is 17.7 Å². The summed E-state index contributed by atoms with van der Waals surface area (Å²) >= 11 is 5.69. The minimum absolute atomic E-state index is 0. The molecule has 1 aromatic carbocycles. The number of para-hydroxylation sites is 1. The average Bonchev–Trinajstić information content (AvgIpc) is 2.03. The van der Waals surface area contributed by atoms with E-state index in [4.69, 9.17) is 21.4 Å². The molecule has 0 bridgehead atoms. The summed E-state index contributed by atoms with van der Waals surface area (Å²) in [5.74, 6) is -0.846. The largest absolute Gasteiger partial charge is 1.00 e. The van der Waals surface area contributed by atoms with Gasteiger partial charge >= 0.3 is 35.5 Å². The van der Waals surface area contributed by atoms with Crippen molar-refractivity contribution in [3.8, 4) is 5.75 Å². The summed E-state index contributed by atoms with van der Waals surface area (Å²) < 4.78 is 4.82. The summed E-state index contributed by atoms with van der Waals surface area (Å²) in [6.45, 7) is 0. The van der Waals surface area contributed by atoms with Gasteiger partial charge in [-0.15, -0.1) is 0 Å². The van der Waals surface area contributed by atoms with E-state index in [2.05, 4.69) is 0 Å². The Balaban J connectivity index is 0. The maximum atomic E-state index is 10.6. The fraction of sp³-hybridized carbons (Fsp3) is 0.125. The number of methoxy groups -OCH3 is 1. The molecule has 0 aliphatic rings. The Kier molecular flexibility index (Phi) is 5.40. The standard InChI is InChI=1S/C8H7ClO3.Na.H/c1-12-7-5(8(10)11)3-2-4-6(7)9;;/h2-4H,1H3,(H,10,11);;/q;+1;-1. The number of ether oxygens (including phenoxy) is 1. The first kappa shape index (κ1) is 12.8. The van der Waals surface area contributed by atoms with E-state index < -0.39 is 5.97 Å². The molecule has 0 fully saturated rings.